The van der Waals surface area contributed by atoms with E-state index >= 15 is 0 Å². The summed E-state index contributed by atoms with van der Waals surface area (Å²) in [5, 5.41) is 4.14. The Morgan fingerprint density at radius 1 is 1.47 bits per heavy atom. The van der Waals surface area contributed by atoms with Crippen LogP contribution in [0.3, 0.4) is 0 Å². The van der Waals surface area contributed by atoms with Crippen molar-refractivity contribution in [3.05, 3.63) is 42.0 Å². The van der Waals surface area contributed by atoms with Gasteiger partial charge in [0, 0.05) is 38.2 Å². The largest absolute Gasteiger partial charge is 0.350 e. The van der Waals surface area contributed by atoms with Gasteiger partial charge in [-0.1, -0.05) is 0 Å². The van der Waals surface area contributed by atoms with Crippen molar-refractivity contribution >= 4 is 0 Å². The Labute approximate surface area is 89.3 Å². The molecule has 2 N–H and O–H groups in total. The molecule has 80 valence electrons. The summed E-state index contributed by atoms with van der Waals surface area (Å²) in [6, 6.07) is 4.09. The van der Waals surface area contributed by atoms with Crippen LogP contribution < -0.4 is 5.73 Å². The fourth-order valence-electron chi connectivity index (χ4n) is 1.70. The molecular formula is C11H16N4. The van der Waals surface area contributed by atoms with Gasteiger partial charge in [-0.25, -0.2) is 0 Å². The summed E-state index contributed by atoms with van der Waals surface area (Å²) < 4.78 is 4.02. The van der Waals surface area contributed by atoms with E-state index in [1.54, 1.807) is 0 Å². The van der Waals surface area contributed by atoms with Gasteiger partial charge in [0.25, 0.3) is 0 Å². The van der Waals surface area contributed by atoms with Crippen molar-refractivity contribution in [1.82, 2.24) is 14.3 Å². The number of aryl methyl sites for hydroxylation is 3. The molecule has 2 heterocycles. The summed E-state index contributed by atoms with van der Waals surface area (Å²) in [7, 11) is 1.93. The average Bonchev–Trinajstić information content (AvgIpc) is 2.83. The molecular weight excluding hydrogens is 188 g/mol. The molecule has 0 aliphatic heterocycles. The maximum absolute atomic E-state index is 5.63. The van der Waals surface area contributed by atoms with Crippen molar-refractivity contribution in [2.24, 2.45) is 12.8 Å². The molecule has 0 bridgehead atoms. The van der Waals surface area contributed by atoms with E-state index in [4.69, 9.17) is 5.73 Å². The fourth-order valence-corrected chi connectivity index (χ4v) is 1.70. The third-order valence-corrected chi connectivity index (χ3v) is 2.53. The van der Waals surface area contributed by atoms with Crippen LogP contribution in [0.15, 0.2) is 30.7 Å². The Kier molecular flexibility index (Phi) is 2.87. The SMILES string of the molecule is Cn1cc(CCn2cccc2CN)cn1. The van der Waals surface area contributed by atoms with Crippen LogP contribution in [0.1, 0.15) is 11.3 Å². The fraction of sp³-hybridized carbons (Fsp3) is 0.364. The molecule has 0 unspecified atom stereocenters. The van der Waals surface area contributed by atoms with E-state index in [9.17, 15) is 0 Å². The highest BCUT2D eigenvalue weighted by Gasteiger charge is 2.00. The lowest BCUT2D eigenvalue weighted by atomic mass is 10.2. The minimum absolute atomic E-state index is 0.597. The van der Waals surface area contributed by atoms with Crippen LogP contribution in [0.25, 0.3) is 0 Å². The second-order valence-corrected chi connectivity index (χ2v) is 3.67. The van der Waals surface area contributed by atoms with Crippen LogP contribution in [-0.2, 0) is 26.6 Å². The first-order valence-corrected chi connectivity index (χ1v) is 5.11. The van der Waals surface area contributed by atoms with Crippen LogP contribution in [0.4, 0.5) is 0 Å². The Morgan fingerprint density at radius 3 is 3.00 bits per heavy atom. The predicted molar refractivity (Wildman–Crippen MR) is 59.2 cm³/mol. The molecule has 0 saturated carbocycles. The number of nitrogens with zero attached hydrogens (tertiary/aromatic N) is 3. The van der Waals surface area contributed by atoms with Crippen LogP contribution in [0.2, 0.25) is 0 Å². The summed E-state index contributed by atoms with van der Waals surface area (Å²) in [6.45, 7) is 1.56. The summed E-state index contributed by atoms with van der Waals surface area (Å²) in [5.74, 6) is 0. The Hall–Kier alpha value is -1.55. The lowest BCUT2D eigenvalue weighted by molar-refractivity contribution is 0.663. The minimum Gasteiger partial charge on any atom is -0.350 e. The molecule has 0 amide bonds. The van der Waals surface area contributed by atoms with Crippen molar-refractivity contribution in [2.45, 2.75) is 19.5 Å². The molecule has 2 aromatic heterocycles. The zero-order valence-corrected chi connectivity index (χ0v) is 8.93. The molecule has 0 aliphatic rings. The molecule has 0 atom stereocenters. The van der Waals surface area contributed by atoms with Gasteiger partial charge in [0.2, 0.25) is 0 Å². The zero-order valence-electron chi connectivity index (χ0n) is 8.93. The molecule has 0 radical (unpaired) electrons. The average molecular weight is 204 g/mol. The molecule has 15 heavy (non-hydrogen) atoms. The van der Waals surface area contributed by atoms with Crippen LogP contribution >= 0.6 is 0 Å². The van der Waals surface area contributed by atoms with Gasteiger partial charge >= 0.3 is 0 Å². The standard InChI is InChI=1S/C11H16N4/c1-14-9-10(8-13-14)4-6-15-5-2-3-11(15)7-12/h2-3,5,8-9H,4,6-7,12H2,1H3. The summed E-state index contributed by atoms with van der Waals surface area (Å²) in [4.78, 5) is 0. The molecule has 0 aromatic carbocycles. The highest BCUT2D eigenvalue weighted by molar-refractivity contribution is 5.08. The van der Waals surface area contributed by atoms with E-state index in [-0.39, 0.29) is 0 Å². The first-order chi connectivity index (χ1) is 7.29. The highest BCUT2D eigenvalue weighted by atomic mass is 15.2. The molecule has 0 saturated heterocycles. The van der Waals surface area contributed by atoms with Gasteiger partial charge in [0.1, 0.15) is 0 Å². The Balaban J connectivity index is 1.98. The van der Waals surface area contributed by atoms with Gasteiger partial charge in [-0.2, -0.15) is 5.10 Å². The number of nitrogens with two attached hydrogens (primary N) is 1. The maximum atomic E-state index is 5.63. The lowest BCUT2D eigenvalue weighted by Gasteiger charge is -2.05. The molecule has 2 aromatic rings. The van der Waals surface area contributed by atoms with E-state index in [2.05, 4.69) is 21.9 Å². The molecule has 4 nitrogen and oxygen atoms in total. The molecule has 4 heteroatoms. The molecule has 2 rings (SSSR count). The number of aromatic nitrogens is 3. The van der Waals surface area contributed by atoms with Gasteiger partial charge in [-0.15, -0.1) is 0 Å². The van der Waals surface area contributed by atoms with E-state index in [1.165, 1.54) is 11.3 Å². The monoisotopic (exact) mass is 204 g/mol. The first kappa shape index (κ1) is 9.98. The topological polar surface area (TPSA) is 48.8 Å². The minimum atomic E-state index is 0.597. The number of hydrogen-bond acceptors (Lipinski definition) is 2. The van der Waals surface area contributed by atoms with Gasteiger partial charge in [0.15, 0.2) is 0 Å². The van der Waals surface area contributed by atoms with Gasteiger partial charge in [-0.05, 0) is 24.1 Å². The Bertz CT molecular complexity index is 427. The number of hydrogen-bond donors (Lipinski definition) is 1. The molecule has 0 aliphatic carbocycles. The molecule has 0 spiro atoms. The summed E-state index contributed by atoms with van der Waals surface area (Å²) >= 11 is 0. The lowest BCUT2D eigenvalue weighted by Crippen LogP contribution is -2.07. The normalized spacial score (nSPS) is 10.8. The summed E-state index contributed by atoms with van der Waals surface area (Å²) in [6.07, 6.45) is 7.02. The van der Waals surface area contributed by atoms with E-state index in [0.29, 0.717) is 6.54 Å². The predicted octanol–water partition coefficient (Wildman–Crippen LogP) is 0.923. The first-order valence-electron chi connectivity index (χ1n) is 5.11. The third-order valence-electron chi connectivity index (χ3n) is 2.53. The van der Waals surface area contributed by atoms with Crippen molar-refractivity contribution < 1.29 is 0 Å². The molecule has 0 fully saturated rings. The van der Waals surface area contributed by atoms with E-state index in [0.717, 1.165) is 13.0 Å². The van der Waals surface area contributed by atoms with Crippen molar-refractivity contribution in [3.63, 3.8) is 0 Å². The number of rotatable bonds is 4. The second-order valence-electron chi connectivity index (χ2n) is 3.67. The van der Waals surface area contributed by atoms with Crippen LogP contribution in [0, 0.1) is 0 Å². The van der Waals surface area contributed by atoms with Crippen molar-refractivity contribution in [3.8, 4) is 0 Å². The quantitative estimate of drug-likeness (QED) is 0.805. The smallest absolute Gasteiger partial charge is 0.0522 e. The van der Waals surface area contributed by atoms with Crippen LogP contribution in [0.5, 0.6) is 0 Å². The summed E-state index contributed by atoms with van der Waals surface area (Å²) in [5.41, 5.74) is 8.07. The van der Waals surface area contributed by atoms with Gasteiger partial charge in [-0.3, -0.25) is 4.68 Å². The van der Waals surface area contributed by atoms with Gasteiger partial charge < -0.3 is 10.3 Å². The van der Waals surface area contributed by atoms with Crippen molar-refractivity contribution in [2.75, 3.05) is 0 Å². The van der Waals surface area contributed by atoms with Crippen molar-refractivity contribution in [1.29, 1.82) is 0 Å². The third kappa shape index (κ3) is 2.27. The van der Waals surface area contributed by atoms with E-state index in [1.807, 2.05) is 30.2 Å². The van der Waals surface area contributed by atoms with Gasteiger partial charge in [0.05, 0.1) is 6.20 Å². The Morgan fingerprint density at radius 2 is 2.33 bits per heavy atom. The second kappa shape index (κ2) is 4.31. The van der Waals surface area contributed by atoms with E-state index < -0.39 is 0 Å². The van der Waals surface area contributed by atoms with Crippen LogP contribution in [-0.4, -0.2) is 14.3 Å². The maximum Gasteiger partial charge on any atom is 0.0522 e. The zero-order chi connectivity index (χ0) is 10.7. The highest BCUT2D eigenvalue weighted by Crippen LogP contribution is 2.05.